The van der Waals surface area contributed by atoms with E-state index in [-0.39, 0.29) is 12.5 Å². The average molecular weight is 424 g/mol. The molecule has 30 heavy (non-hydrogen) atoms. The second-order valence-electron chi connectivity index (χ2n) is 7.96. The molecule has 1 fully saturated rings. The highest BCUT2D eigenvalue weighted by atomic mass is 32.1. The monoisotopic (exact) mass is 423 g/mol. The molecule has 7 heteroatoms. The highest BCUT2D eigenvalue weighted by Crippen LogP contribution is 2.26. The lowest BCUT2D eigenvalue weighted by molar-refractivity contribution is -0.137. The Morgan fingerprint density at radius 3 is 2.50 bits per heavy atom. The first-order valence-corrected chi connectivity index (χ1v) is 11.0. The van der Waals surface area contributed by atoms with Gasteiger partial charge in [-0.2, -0.15) is 5.10 Å². The van der Waals surface area contributed by atoms with E-state index >= 15 is 0 Å². The number of ether oxygens (including phenoxy) is 1. The molecule has 2 atom stereocenters. The van der Waals surface area contributed by atoms with Crippen LogP contribution < -0.4 is 0 Å². The Morgan fingerprint density at radius 1 is 1.10 bits per heavy atom. The fraction of sp³-hybridized carbons (Fsp3) is 0.348. The molecule has 0 saturated carbocycles. The van der Waals surface area contributed by atoms with Crippen LogP contribution in [0.1, 0.15) is 30.8 Å². The second-order valence-corrected chi connectivity index (χ2v) is 8.91. The summed E-state index contributed by atoms with van der Waals surface area (Å²) in [5.41, 5.74) is 1.76. The average Bonchev–Trinajstić information content (AvgIpc) is 3.41. The van der Waals surface area contributed by atoms with Gasteiger partial charge >= 0.3 is 5.97 Å². The molecule has 6 nitrogen and oxygen atoms in total. The summed E-state index contributed by atoms with van der Waals surface area (Å²) in [6, 6.07) is 15.1. The third-order valence-corrected chi connectivity index (χ3v) is 6.13. The summed E-state index contributed by atoms with van der Waals surface area (Å²) in [4.78, 5) is 28.3. The van der Waals surface area contributed by atoms with Crippen LogP contribution in [0.4, 0.5) is 0 Å². The summed E-state index contributed by atoms with van der Waals surface area (Å²) in [6.45, 7) is 5.46. The molecule has 0 spiro atoms. The van der Waals surface area contributed by atoms with E-state index < -0.39 is 5.97 Å². The quantitative estimate of drug-likeness (QED) is 0.575. The highest BCUT2D eigenvalue weighted by Gasteiger charge is 2.27. The van der Waals surface area contributed by atoms with Crippen molar-refractivity contribution in [2.45, 2.75) is 20.3 Å². The van der Waals surface area contributed by atoms with Crippen molar-refractivity contribution >= 4 is 23.2 Å². The number of likely N-dealkylation sites (tertiary alicyclic amines) is 1. The summed E-state index contributed by atoms with van der Waals surface area (Å²) >= 11 is 1.55. The van der Waals surface area contributed by atoms with E-state index in [4.69, 9.17) is 4.74 Å². The van der Waals surface area contributed by atoms with Gasteiger partial charge in [0.2, 0.25) is 0 Å². The van der Waals surface area contributed by atoms with Crippen LogP contribution in [-0.4, -0.2) is 46.3 Å². The molecule has 1 aliphatic heterocycles. The maximum absolute atomic E-state index is 12.9. The summed E-state index contributed by atoms with van der Waals surface area (Å²) < 4.78 is 7.00. The van der Waals surface area contributed by atoms with Gasteiger partial charge in [-0.3, -0.25) is 4.79 Å². The Kier molecular flexibility index (Phi) is 5.99. The number of para-hydroxylation sites is 1. The van der Waals surface area contributed by atoms with Crippen LogP contribution >= 0.6 is 11.3 Å². The minimum atomic E-state index is -0.555. The normalized spacial score (nSPS) is 18.9. The van der Waals surface area contributed by atoms with Gasteiger partial charge in [-0.25, -0.2) is 9.48 Å². The Balaban J connectivity index is 1.52. The van der Waals surface area contributed by atoms with Gasteiger partial charge in [-0.1, -0.05) is 38.1 Å². The molecule has 1 amide bonds. The standard InChI is InChI=1S/C23H25N3O3S/c1-16-11-17(2)14-25(13-16)22(27)15-29-23(28)20-12-19(21-9-6-10-30-21)24-26(20)18-7-4-3-5-8-18/h3-10,12,16-17H,11,13-15H2,1-2H3/t16-,17-/m1/s1. The van der Waals surface area contributed by atoms with E-state index in [1.54, 1.807) is 27.0 Å². The van der Waals surface area contributed by atoms with Gasteiger partial charge in [0, 0.05) is 19.2 Å². The molecule has 1 aliphatic rings. The SMILES string of the molecule is C[C@@H]1C[C@@H](C)CN(C(=O)COC(=O)c2cc(-c3cccs3)nn2-c2ccccc2)C1. The zero-order valence-corrected chi connectivity index (χ0v) is 18.0. The third-order valence-electron chi connectivity index (χ3n) is 5.24. The van der Waals surface area contributed by atoms with Crippen LogP contribution in [0.25, 0.3) is 16.3 Å². The maximum atomic E-state index is 12.9. The number of nitrogens with zero attached hydrogens (tertiary/aromatic N) is 3. The number of benzene rings is 1. The predicted octanol–water partition coefficient (Wildman–Crippen LogP) is 4.26. The fourth-order valence-corrected chi connectivity index (χ4v) is 4.68. The lowest BCUT2D eigenvalue weighted by atomic mass is 9.92. The molecule has 0 bridgehead atoms. The van der Waals surface area contributed by atoms with E-state index in [9.17, 15) is 9.59 Å². The van der Waals surface area contributed by atoms with Gasteiger partial charge in [0.05, 0.1) is 10.6 Å². The molecule has 0 aliphatic carbocycles. The fourth-order valence-electron chi connectivity index (χ4n) is 4.00. The van der Waals surface area contributed by atoms with E-state index in [1.165, 1.54) is 0 Å². The Bertz CT molecular complexity index is 1000. The van der Waals surface area contributed by atoms with Gasteiger partial charge in [0.1, 0.15) is 5.69 Å². The zero-order chi connectivity index (χ0) is 21.1. The van der Waals surface area contributed by atoms with Crippen molar-refractivity contribution < 1.29 is 14.3 Å². The maximum Gasteiger partial charge on any atom is 0.357 e. The molecule has 0 N–H and O–H groups in total. The number of esters is 1. The summed E-state index contributed by atoms with van der Waals surface area (Å²) in [6.07, 6.45) is 1.12. The number of rotatable bonds is 5. The van der Waals surface area contributed by atoms with Crippen LogP contribution in [-0.2, 0) is 9.53 Å². The van der Waals surface area contributed by atoms with Crippen molar-refractivity contribution in [3.8, 4) is 16.3 Å². The minimum absolute atomic E-state index is 0.147. The first-order valence-electron chi connectivity index (χ1n) is 10.2. The number of thiophene rings is 1. The number of hydrogen-bond donors (Lipinski definition) is 0. The van der Waals surface area contributed by atoms with Gasteiger partial charge in [-0.15, -0.1) is 11.3 Å². The van der Waals surface area contributed by atoms with Crippen molar-refractivity contribution in [3.63, 3.8) is 0 Å². The molecule has 0 unspecified atom stereocenters. The van der Waals surface area contributed by atoms with Crippen LogP contribution in [0.5, 0.6) is 0 Å². The largest absolute Gasteiger partial charge is 0.451 e. The number of hydrogen-bond acceptors (Lipinski definition) is 5. The molecule has 3 heterocycles. The summed E-state index contributed by atoms with van der Waals surface area (Å²) in [7, 11) is 0. The van der Waals surface area contributed by atoms with Crippen LogP contribution in [0, 0.1) is 11.8 Å². The van der Waals surface area contributed by atoms with Crippen molar-refractivity contribution in [1.82, 2.24) is 14.7 Å². The zero-order valence-electron chi connectivity index (χ0n) is 17.2. The van der Waals surface area contributed by atoms with Crippen molar-refractivity contribution in [2.24, 2.45) is 11.8 Å². The smallest absolute Gasteiger partial charge is 0.357 e. The van der Waals surface area contributed by atoms with Gasteiger partial charge in [-0.05, 0) is 41.8 Å². The van der Waals surface area contributed by atoms with Gasteiger partial charge in [0.25, 0.3) is 5.91 Å². The molecule has 1 saturated heterocycles. The Morgan fingerprint density at radius 2 is 1.83 bits per heavy atom. The highest BCUT2D eigenvalue weighted by molar-refractivity contribution is 7.13. The van der Waals surface area contributed by atoms with E-state index in [0.717, 1.165) is 17.0 Å². The number of carbonyl (C=O) groups is 2. The summed E-state index contributed by atoms with van der Waals surface area (Å²) in [5, 5.41) is 6.58. The van der Waals surface area contributed by atoms with Gasteiger partial charge in [0.15, 0.2) is 12.3 Å². The lowest BCUT2D eigenvalue weighted by Crippen LogP contribution is -2.44. The van der Waals surface area contributed by atoms with Crippen molar-refractivity contribution in [2.75, 3.05) is 19.7 Å². The van der Waals surface area contributed by atoms with E-state index in [2.05, 4.69) is 18.9 Å². The Hall–Kier alpha value is -2.93. The first kappa shape index (κ1) is 20.3. The van der Waals surface area contributed by atoms with E-state index in [1.807, 2.05) is 47.8 Å². The lowest BCUT2D eigenvalue weighted by Gasteiger charge is -2.34. The Labute approximate surface area is 180 Å². The predicted molar refractivity (Wildman–Crippen MR) is 117 cm³/mol. The van der Waals surface area contributed by atoms with Gasteiger partial charge < -0.3 is 9.64 Å². The number of carbonyl (C=O) groups excluding carboxylic acids is 2. The molecular formula is C23H25N3O3S. The third kappa shape index (κ3) is 4.46. The molecule has 1 aromatic carbocycles. The van der Waals surface area contributed by atoms with Crippen molar-refractivity contribution in [1.29, 1.82) is 0 Å². The molecule has 156 valence electrons. The number of aromatic nitrogens is 2. The minimum Gasteiger partial charge on any atom is -0.451 e. The second kappa shape index (κ2) is 8.83. The topological polar surface area (TPSA) is 64.4 Å². The molecule has 3 aromatic rings. The molecular weight excluding hydrogens is 398 g/mol. The van der Waals surface area contributed by atoms with Crippen LogP contribution in [0.3, 0.4) is 0 Å². The van der Waals surface area contributed by atoms with Crippen LogP contribution in [0.15, 0.2) is 53.9 Å². The summed E-state index contributed by atoms with van der Waals surface area (Å²) in [5.74, 6) is 0.217. The van der Waals surface area contributed by atoms with Crippen LogP contribution in [0.2, 0.25) is 0 Å². The molecule has 0 radical (unpaired) electrons. The van der Waals surface area contributed by atoms with E-state index in [0.29, 0.717) is 36.3 Å². The first-order chi connectivity index (χ1) is 14.5. The molecule has 4 rings (SSSR count). The number of piperidine rings is 1. The molecule has 2 aromatic heterocycles. The van der Waals surface area contributed by atoms with Crippen molar-refractivity contribution in [3.05, 3.63) is 59.6 Å². The number of amides is 1.